The zero-order chi connectivity index (χ0) is 13.8. The van der Waals surface area contributed by atoms with Crippen LogP contribution in [-0.4, -0.2) is 42.2 Å². The van der Waals surface area contributed by atoms with Gasteiger partial charge in [0.2, 0.25) is 5.91 Å². The average molecular weight is 286 g/mol. The van der Waals surface area contributed by atoms with Gasteiger partial charge in [-0.05, 0) is 31.9 Å². The van der Waals surface area contributed by atoms with Crippen LogP contribution in [-0.2, 0) is 9.53 Å². The van der Waals surface area contributed by atoms with Crippen molar-refractivity contribution in [2.24, 2.45) is 5.73 Å². The van der Waals surface area contributed by atoms with Gasteiger partial charge in [0.15, 0.2) is 0 Å². The van der Waals surface area contributed by atoms with E-state index in [0.29, 0.717) is 0 Å². The highest BCUT2D eigenvalue weighted by atomic mass is 32.2. The molecular weight excluding hydrogens is 260 g/mol. The summed E-state index contributed by atoms with van der Waals surface area (Å²) in [6.07, 6.45) is 9.14. The molecule has 2 fully saturated rings. The lowest BCUT2D eigenvalue weighted by Crippen LogP contribution is -2.57. The van der Waals surface area contributed by atoms with E-state index in [4.69, 9.17) is 10.5 Å². The number of carbonyl (C=O) groups is 1. The van der Waals surface area contributed by atoms with Crippen molar-refractivity contribution in [2.75, 3.05) is 26.0 Å². The first kappa shape index (κ1) is 15.1. The Kier molecular flexibility index (Phi) is 5.15. The number of nitrogens with one attached hydrogen (secondary N) is 1. The Morgan fingerprint density at radius 2 is 1.84 bits per heavy atom. The largest absolute Gasteiger partial charge is 0.381 e. The van der Waals surface area contributed by atoms with Crippen molar-refractivity contribution in [3.63, 3.8) is 0 Å². The standard InChI is InChI=1S/C14H26N2O2S/c1-19-13(7-9-18-10-8-13)11-16-12(17)14(15)5-3-2-4-6-14/h2-11,15H2,1H3,(H,16,17). The van der Waals surface area contributed by atoms with Gasteiger partial charge in [-0.15, -0.1) is 0 Å². The number of hydrogen-bond donors (Lipinski definition) is 2. The summed E-state index contributed by atoms with van der Waals surface area (Å²) < 4.78 is 5.56. The average Bonchev–Trinajstić information content (AvgIpc) is 2.46. The summed E-state index contributed by atoms with van der Waals surface area (Å²) in [6.45, 7) is 2.31. The number of rotatable bonds is 4. The minimum Gasteiger partial charge on any atom is -0.381 e. The molecule has 0 radical (unpaired) electrons. The monoisotopic (exact) mass is 286 g/mol. The van der Waals surface area contributed by atoms with Crippen LogP contribution in [0.4, 0.5) is 0 Å². The van der Waals surface area contributed by atoms with Crippen LogP contribution in [0, 0.1) is 0 Å². The Morgan fingerprint density at radius 3 is 2.42 bits per heavy atom. The normalized spacial score (nSPS) is 25.8. The molecule has 1 aliphatic heterocycles. The molecular formula is C14H26N2O2S. The van der Waals surface area contributed by atoms with Gasteiger partial charge in [0.1, 0.15) is 0 Å². The SMILES string of the molecule is CSC1(CNC(=O)C2(N)CCCCC2)CCOCC1. The third kappa shape index (κ3) is 3.64. The Hall–Kier alpha value is -0.260. The van der Waals surface area contributed by atoms with Crippen molar-refractivity contribution in [3.8, 4) is 0 Å². The zero-order valence-electron chi connectivity index (χ0n) is 11.9. The molecule has 0 spiro atoms. The lowest BCUT2D eigenvalue weighted by atomic mass is 9.81. The maximum atomic E-state index is 12.3. The maximum Gasteiger partial charge on any atom is 0.240 e. The van der Waals surface area contributed by atoms with E-state index in [2.05, 4.69) is 11.6 Å². The van der Waals surface area contributed by atoms with Gasteiger partial charge in [0, 0.05) is 24.5 Å². The lowest BCUT2D eigenvalue weighted by molar-refractivity contribution is -0.127. The first-order chi connectivity index (χ1) is 9.10. The van der Waals surface area contributed by atoms with Gasteiger partial charge in [-0.25, -0.2) is 0 Å². The first-order valence-corrected chi connectivity index (χ1v) is 8.53. The van der Waals surface area contributed by atoms with Crippen molar-refractivity contribution in [3.05, 3.63) is 0 Å². The van der Waals surface area contributed by atoms with Crippen LogP contribution in [0.3, 0.4) is 0 Å². The summed E-state index contributed by atoms with van der Waals surface area (Å²) in [5, 5.41) is 3.11. The first-order valence-electron chi connectivity index (χ1n) is 7.30. The molecule has 0 aromatic carbocycles. The topological polar surface area (TPSA) is 64.4 Å². The van der Waals surface area contributed by atoms with E-state index in [-0.39, 0.29) is 10.7 Å². The van der Waals surface area contributed by atoms with Crippen LogP contribution >= 0.6 is 11.8 Å². The van der Waals surface area contributed by atoms with E-state index in [1.54, 1.807) is 0 Å². The molecule has 0 atom stereocenters. The molecule has 0 aromatic rings. The molecule has 0 aromatic heterocycles. The van der Waals surface area contributed by atoms with Crippen LogP contribution in [0.15, 0.2) is 0 Å². The van der Waals surface area contributed by atoms with E-state index in [0.717, 1.165) is 58.3 Å². The molecule has 3 N–H and O–H groups in total. The van der Waals surface area contributed by atoms with E-state index >= 15 is 0 Å². The third-order valence-electron chi connectivity index (χ3n) is 4.61. The van der Waals surface area contributed by atoms with E-state index in [9.17, 15) is 4.79 Å². The number of carbonyl (C=O) groups excluding carboxylic acids is 1. The third-order valence-corrected chi connectivity index (χ3v) is 6.02. The molecule has 1 saturated heterocycles. The molecule has 5 heteroatoms. The minimum atomic E-state index is -0.622. The summed E-state index contributed by atoms with van der Waals surface area (Å²) in [6, 6.07) is 0. The molecule has 19 heavy (non-hydrogen) atoms. The number of ether oxygens (including phenoxy) is 1. The number of thioether (sulfide) groups is 1. The molecule has 2 aliphatic rings. The van der Waals surface area contributed by atoms with Gasteiger partial charge >= 0.3 is 0 Å². The number of nitrogens with two attached hydrogens (primary N) is 1. The summed E-state index contributed by atoms with van der Waals surface area (Å²) in [5.74, 6) is 0.0483. The summed E-state index contributed by atoms with van der Waals surface area (Å²) in [4.78, 5) is 12.3. The molecule has 1 amide bonds. The quantitative estimate of drug-likeness (QED) is 0.825. The molecule has 1 saturated carbocycles. The molecule has 0 bridgehead atoms. The Morgan fingerprint density at radius 1 is 1.21 bits per heavy atom. The van der Waals surface area contributed by atoms with Crippen molar-refractivity contribution in [1.82, 2.24) is 5.32 Å². The van der Waals surface area contributed by atoms with Crippen molar-refractivity contribution < 1.29 is 9.53 Å². The molecule has 4 nitrogen and oxygen atoms in total. The number of amides is 1. The fourth-order valence-electron chi connectivity index (χ4n) is 3.02. The second kappa shape index (κ2) is 6.46. The smallest absolute Gasteiger partial charge is 0.240 e. The Bertz CT molecular complexity index is 311. The predicted molar refractivity (Wildman–Crippen MR) is 79.3 cm³/mol. The van der Waals surface area contributed by atoms with Crippen molar-refractivity contribution in [1.29, 1.82) is 0 Å². The summed E-state index contributed by atoms with van der Waals surface area (Å²) in [7, 11) is 0. The van der Waals surface area contributed by atoms with Crippen LogP contribution in [0.2, 0.25) is 0 Å². The fraction of sp³-hybridized carbons (Fsp3) is 0.929. The van der Waals surface area contributed by atoms with Crippen molar-refractivity contribution >= 4 is 17.7 Å². The van der Waals surface area contributed by atoms with E-state index in [1.165, 1.54) is 6.42 Å². The molecule has 2 rings (SSSR count). The highest BCUT2D eigenvalue weighted by Crippen LogP contribution is 2.33. The zero-order valence-corrected chi connectivity index (χ0v) is 12.7. The predicted octanol–water partition coefficient (Wildman–Crippen LogP) is 1.68. The molecule has 1 heterocycles. The lowest BCUT2D eigenvalue weighted by Gasteiger charge is -2.38. The molecule has 0 unspecified atom stereocenters. The summed E-state index contributed by atoms with van der Waals surface area (Å²) >= 11 is 1.85. The van der Waals surface area contributed by atoms with Gasteiger partial charge in [-0.2, -0.15) is 11.8 Å². The van der Waals surface area contributed by atoms with Crippen LogP contribution in [0.5, 0.6) is 0 Å². The van der Waals surface area contributed by atoms with Gasteiger partial charge in [-0.1, -0.05) is 19.3 Å². The van der Waals surface area contributed by atoms with Crippen LogP contribution in [0.25, 0.3) is 0 Å². The maximum absolute atomic E-state index is 12.3. The van der Waals surface area contributed by atoms with Crippen molar-refractivity contribution in [2.45, 2.75) is 55.2 Å². The number of hydrogen-bond acceptors (Lipinski definition) is 4. The fourth-order valence-corrected chi connectivity index (χ4v) is 3.82. The van der Waals surface area contributed by atoms with Crippen LogP contribution < -0.4 is 11.1 Å². The summed E-state index contributed by atoms with van der Waals surface area (Å²) in [5.41, 5.74) is 5.64. The molecule has 1 aliphatic carbocycles. The van der Waals surface area contributed by atoms with Gasteiger partial charge in [-0.3, -0.25) is 4.79 Å². The Balaban J connectivity index is 1.87. The van der Waals surface area contributed by atoms with E-state index < -0.39 is 5.54 Å². The molecule has 110 valence electrons. The highest BCUT2D eigenvalue weighted by molar-refractivity contribution is 8.00. The highest BCUT2D eigenvalue weighted by Gasteiger charge is 2.38. The minimum absolute atomic E-state index is 0.0483. The second-order valence-electron chi connectivity index (χ2n) is 5.90. The van der Waals surface area contributed by atoms with Gasteiger partial charge in [0.05, 0.1) is 5.54 Å². The van der Waals surface area contributed by atoms with E-state index in [1.807, 2.05) is 11.8 Å². The van der Waals surface area contributed by atoms with Gasteiger partial charge < -0.3 is 15.8 Å². The van der Waals surface area contributed by atoms with Gasteiger partial charge in [0.25, 0.3) is 0 Å². The second-order valence-corrected chi connectivity index (χ2v) is 7.17. The van der Waals surface area contributed by atoms with Crippen LogP contribution in [0.1, 0.15) is 44.9 Å². The Labute approximate surface area is 120 Å².